The van der Waals surface area contributed by atoms with Crippen LogP contribution in [-0.4, -0.2) is 26.2 Å². The van der Waals surface area contributed by atoms with Crippen molar-refractivity contribution < 1.29 is 9.53 Å². The molecule has 2 rings (SSSR count). The fourth-order valence-electron chi connectivity index (χ4n) is 1.75. The van der Waals surface area contributed by atoms with Crippen LogP contribution in [0.2, 0.25) is 0 Å². The molecule has 3 N–H and O–H groups in total. The minimum atomic E-state index is -0.136. The van der Waals surface area contributed by atoms with Gasteiger partial charge in [0.25, 0.3) is 5.91 Å². The van der Waals surface area contributed by atoms with Crippen LogP contribution in [0, 0.1) is 6.92 Å². The molecule has 0 aliphatic rings. The lowest BCUT2D eigenvalue weighted by Crippen LogP contribution is -2.26. The highest BCUT2D eigenvalue weighted by molar-refractivity contribution is 7.21. The zero-order chi connectivity index (χ0) is 13.1. The SMILES string of the molecule is COCCNC(=O)c1sc2ccc(C)cc2c1N. The van der Waals surface area contributed by atoms with Crippen molar-refractivity contribution >= 4 is 33.0 Å². The lowest BCUT2D eigenvalue weighted by Gasteiger charge is -2.03. The summed E-state index contributed by atoms with van der Waals surface area (Å²) in [7, 11) is 1.60. The first-order chi connectivity index (χ1) is 8.63. The molecule has 0 bridgehead atoms. The van der Waals surface area contributed by atoms with Gasteiger partial charge in [-0.15, -0.1) is 11.3 Å². The molecule has 0 atom stereocenters. The largest absolute Gasteiger partial charge is 0.397 e. The maximum absolute atomic E-state index is 12.0. The molecule has 0 unspecified atom stereocenters. The van der Waals surface area contributed by atoms with Crippen LogP contribution in [0.3, 0.4) is 0 Å². The van der Waals surface area contributed by atoms with Gasteiger partial charge < -0.3 is 15.8 Å². The average Bonchev–Trinajstić information content (AvgIpc) is 2.67. The van der Waals surface area contributed by atoms with Gasteiger partial charge in [0.1, 0.15) is 4.88 Å². The number of rotatable bonds is 4. The number of nitrogens with two attached hydrogens (primary N) is 1. The Balaban J connectivity index is 2.28. The topological polar surface area (TPSA) is 64.3 Å². The Bertz CT molecular complexity index is 578. The van der Waals surface area contributed by atoms with Crippen molar-refractivity contribution in [1.82, 2.24) is 5.32 Å². The lowest BCUT2D eigenvalue weighted by atomic mass is 10.1. The van der Waals surface area contributed by atoms with Crippen LogP contribution in [0.15, 0.2) is 18.2 Å². The Labute approximate surface area is 110 Å². The molecule has 5 heteroatoms. The number of amides is 1. The third kappa shape index (κ3) is 2.47. The van der Waals surface area contributed by atoms with Crippen LogP contribution < -0.4 is 11.1 Å². The first-order valence-electron chi connectivity index (χ1n) is 5.69. The van der Waals surface area contributed by atoms with Gasteiger partial charge in [0.15, 0.2) is 0 Å². The van der Waals surface area contributed by atoms with Gasteiger partial charge in [-0.1, -0.05) is 11.6 Å². The van der Waals surface area contributed by atoms with E-state index in [0.29, 0.717) is 23.7 Å². The van der Waals surface area contributed by atoms with Gasteiger partial charge in [0, 0.05) is 23.7 Å². The fourth-order valence-corrected chi connectivity index (χ4v) is 2.77. The number of thiophene rings is 1. The molecule has 1 heterocycles. The first-order valence-corrected chi connectivity index (χ1v) is 6.51. The molecule has 4 nitrogen and oxygen atoms in total. The number of anilines is 1. The molecule has 96 valence electrons. The van der Waals surface area contributed by atoms with Gasteiger partial charge in [-0.2, -0.15) is 0 Å². The highest BCUT2D eigenvalue weighted by atomic mass is 32.1. The average molecular weight is 264 g/mol. The molecule has 18 heavy (non-hydrogen) atoms. The molecule has 0 fully saturated rings. The summed E-state index contributed by atoms with van der Waals surface area (Å²) in [5.41, 5.74) is 7.73. The van der Waals surface area contributed by atoms with Gasteiger partial charge >= 0.3 is 0 Å². The summed E-state index contributed by atoms with van der Waals surface area (Å²) < 4.78 is 5.93. The molecule has 0 spiro atoms. The van der Waals surface area contributed by atoms with E-state index < -0.39 is 0 Å². The van der Waals surface area contributed by atoms with Crippen molar-refractivity contribution in [2.24, 2.45) is 0 Å². The van der Waals surface area contributed by atoms with E-state index in [4.69, 9.17) is 10.5 Å². The Morgan fingerprint density at radius 3 is 3.00 bits per heavy atom. The van der Waals surface area contributed by atoms with Crippen LogP contribution in [0.4, 0.5) is 5.69 Å². The minimum Gasteiger partial charge on any atom is -0.397 e. The Morgan fingerprint density at radius 2 is 2.28 bits per heavy atom. The number of fused-ring (bicyclic) bond motifs is 1. The van der Waals surface area contributed by atoms with E-state index in [1.54, 1.807) is 7.11 Å². The molecule has 0 saturated carbocycles. The molecular weight excluding hydrogens is 248 g/mol. The summed E-state index contributed by atoms with van der Waals surface area (Å²) in [5, 5.41) is 3.74. The van der Waals surface area contributed by atoms with Crippen LogP contribution in [0.1, 0.15) is 15.2 Å². The van der Waals surface area contributed by atoms with Crippen molar-refractivity contribution in [3.05, 3.63) is 28.6 Å². The van der Waals surface area contributed by atoms with Gasteiger partial charge in [-0.3, -0.25) is 4.79 Å². The van der Waals surface area contributed by atoms with Crippen molar-refractivity contribution in [3.63, 3.8) is 0 Å². The minimum absolute atomic E-state index is 0.136. The summed E-state index contributed by atoms with van der Waals surface area (Å²) in [6.07, 6.45) is 0. The fraction of sp³-hybridized carbons (Fsp3) is 0.308. The number of ether oxygens (including phenoxy) is 1. The normalized spacial score (nSPS) is 10.8. The zero-order valence-corrected chi connectivity index (χ0v) is 11.3. The number of carbonyl (C=O) groups excluding carboxylic acids is 1. The third-order valence-electron chi connectivity index (χ3n) is 2.68. The zero-order valence-electron chi connectivity index (χ0n) is 10.4. The number of nitrogen functional groups attached to an aromatic ring is 1. The first kappa shape index (κ1) is 12.9. The molecule has 2 aromatic rings. The molecule has 1 aromatic carbocycles. The highest BCUT2D eigenvalue weighted by Gasteiger charge is 2.15. The van der Waals surface area contributed by atoms with E-state index in [0.717, 1.165) is 15.6 Å². The summed E-state index contributed by atoms with van der Waals surface area (Å²) in [6.45, 7) is 2.99. The maximum atomic E-state index is 12.0. The third-order valence-corrected chi connectivity index (χ3v) is 3.87. The van der Waals surface area contributed by atoms with Crippen molar-refractivity contribution in [2.75, 3.05) is 26.0 Å². The molecule has 1 amide bonds. The number of methoxy groups -OCH3 is 1. The quantitative estimate of drug-likeness (QED) is 0.832. The number of hydrogen-bond donors (Lipinski definition) is 2. The van der Waals surface area contributed by atoms with Gasteiger partial charge in [0.2, 0.25) is 0 Å². The Kier molecular flexibility index (Phi) is 3.84. The summed E-state index contributed by atoms with van der Waals surface area (Å²) in [4.78, 5) is 12.5. The van der Waals surface area contributed by atoms with E-state index in [2.05, 4.69) is 5.32 Å². The second kappa shape index (κ2) is 5.37. The van der Waals surface area contributed by atoms with Gasteiger partial charge in [-0.05, 0) is 19.1 Å². The van der Waals surface area contributed by atoms with E-state index in [-0.39, 0.29) is 5.91 Å². The second-order valence-corrected chi connectivity index (χ2v) is 5.15. The number of carbonyl (C=O) groups is 1. The van der Waals surface area contributed by atoms with E-state index in [1.807, 2.05) is 25.1 Å². The van der Waals surface area contributed by atoms with Crippen LogP contribution >= 0.6 is 11.3 Å². The molecule has 0 aliphatic carbocycles. The summed E-state index contributed by atoms with van der Waals surface area (Å²) in [6, 6.07) is 6.02. The van der Waals surface area contributed by atoms with Gasteiger partial charge in [0.05, 0.1) is 12.3 Å². The van der Waals surface area contributed by atoms with Crippen LogP contribution in [0.25, 0.3) is 10.1 Å². The molecule has 0 saturated heterocycles. The highest BCUT2D eigenvalue weighted by Crippen LogP contribution is 2.33. The van der Waals surface area contributed by atoms with Gasteiger partial charge in [-0.25, -0.2) is 0 Å². The molecule has 0 aliphatic heterocycles. The van der Waals surface area contributed by atoms with Crippen LogP contribution in [-0.2, 0) is 4.74 Å². The standard InChI is InChI=1S/C13H16N2O2S/c1-8-3-4-10-9(7-8)11(14)12(18-10)13(16)15-5-6-17-2/h3-4,7H,5-6,14H2,1-2H3,(H,15,16). The predicted molar refractivity (Wildman–Crippen MR) is 75.2 cm³/mol. The molecular formula is C13H16N2O2S. The monoisotopic (exact) mass is 264 g/mol. The van der Waals surface area contributed by atoms with E-state index in [1.165, 1.54) is 11.3 Å². The van der Waals surface area contributed by atoms with E-state index >= 15 is 0 Å². The maximum Gasteiger partial charge on any atom is 0.263 e. The van der Waals surface area contributed by atoms with Crippen molar-refractivity contribution in [1.29, 1.82) is 0 Å². The smallest absolute Gasteiger partial charge is 0.263 e. The Hall–Kier alpha value is -1.59. The number of aryl methyl sites for hydroxylation is 1. The molecule has 1 aromatic heterocycles. The van der Waals surface area contributed by atoms with E-state index in [9.17, 15) is 4.79 Å². The molecule has 0 radical (unpaired) electrons. The number of nitrogens with one attached hydrogen (secondary N) is 1. The Morgan fingerprint density at radius 1 is 1.50 bits per heavy atom. The number of hydrogen-bond acceptors (Lipinski definition) is 4. The summed E-state index contributed by atoms with van der Waals surface area (Å²) in [5.74, 6) is -0.136. The number of benzene rings is 1. The lowest BCUT2D eigenvalue weighted by molar-refractivity contribution is 0.0942. The van der Waals surface area contributed by atoms with Crippen molar-refractivity contribution in [3.8, 4) is 0 Å². The second-order valence-electron chi connectivity index (χ2n) is 4.09. The predicted octanol–water partition coefficient (Wildman–Crippen LogP) is 2.17. The van der Waals surface area contributed by atoms with Crippen LogP contribution in [0.5, 0.6) is 0 Å². The summed E-state index contributed by atoms with van der Waals surface area (Å²) >= 11 is 1.42. The van der Waals surface area contributed by atoms with Crippen molar-refractivity contribution in [2.45, 2.75) is 6.92 Å².